The first-order valence-electron chi connectivity index (χ1n) is 9.16. The molecule has 2 unspecified atom stereocenters. The zero-order valence-electron chi connectivity index (χ0n) is 15.6. The summed E-state index contributed by atoms with van der Waals surface area (Å²) in [6.45, 7) is 1.53. The number of aryl methyl sites for hydroxylation is 2. The highest BCUT2D eigenvalue weighted by atomic mass is 32.2. The number of esters is 1. The van der Waals surface area contributed by atoms with Crippen molar-refractivity contribution < 1.29 is 22.7 Å². The van der Waals surface area contributed by atoms with Crippen molar-refractivity contribution >= 4 is 33.5 Å². The summed E-state index contributed by atoms with van der Waals surface area (Å²) in [5.74, 6) is -0.607. The number of hydrogen-bond acceptors (Lipinski definition) is 6. The van der Waals surface area contributed by atoms with Crippen molar-refractivity contribution in [2.24, 2.45) is 0 Å². The fraction of sp³-hybridized carbons (Fsp3) is 0.579. The number of amides is 1. The third-order valence-corrected chi connectivity index (χ3v) is 7.90. The molecule has 3 rings (SSSR count). The molecule has 1 amide bonds. The first-order chi connectivity index (χ1) is 12.7. The molecule has 27 heavy (non-hydrogen) atoms. The van der Waals surface area contributed by atoms with E-state index in [-0.39, 0.29) is 29.2 Å². The van der Waals surface area contributed by atoms with E-state index in [1.54, 1.807) is 7.05 Å². The molecule has 148 valence electrons. The zero-order chi connectivity index (χ0) is 19.6. The second-order valence-corrected chi connectivity index (χ2v) is 10.5. The SMILES string of the molecule is CC(OC(=O)CSc1ccc2c(c1)CCC2)C(=O)N(C)C1CCS(=O)(=O)C1. The van der Waals surface area contributed by atoms with Crippen molar-refractivity contribution in [3.8, 4) is 0 Å². The highest BCUT2D eigenvalue weighted by Crippen LogP contribution is 2.27. The minimum absolute atomic E-state index is 0.0237. The third-order valence-electron chi connectivity index (χ3n) is 5.19. The van der Waals surface area contributed by atoms with Gasteiger partial charge in [-0.25, -0.2) is 8.42 Å². The molecule has 2 aliphatic rings. The molecular formula is C19H25NO5S2. The Morgan fingerprint density at radius 1 is 1.30 bits per heavy atom. The highest BCUT2D eigenvalue weighted by Gasteiger charge is 2.34. The van der Waals surface area contributed by atoms with E-state index in [1.165, 1.54) is 41.1 Å². The Balaban J connectivity index is 1.47. The lowest BCUT2D eigenvalue weighted by atomic mass is 10.1. The smallest absolute Gasteiger partial charge is 0.317 e. The molecule has 1 saturated heterocycles. The second kappa shape index (κ2) is 8.22. The Hall–Kier alpha value is -1.54. The summed E-state index contributed by atoms with van der Waals surface area (Å²) in [5, 5.41) is 0. The lowest BCUT2D eigenvalue weighted by molar-refractivity contribution is -0.157. The van der Waals surface area contributed by atoms with Gasteiger partial charge in [0.1, 0.15) is 0 Å². The lowest BCUT2D eigenvalue weighted by Crippen LogP contribution is -2.44. The van der Waals surface area contributed by atoms with E-state index in [0.29, 0.717) is 6.42 Å². The lowest BCUT2D eigenvalue weighted by Gasteiger charge is -2.26. The molecule has 0 spiro atoms. The van der Waals surface area contributed by atoms with Gasteiger partial charge < -0.3 is 9.64 Å². The van der Waals surface area contributed by atoms with Crippen LogP contribution in [0.4, 0.5) is 0 Å². The van der Waals surface area contributed by atoms with Crippen molar-refractivity contribution in [1.29, 1.82) is 0 Å². The largest absolute Gasteiger partial charge is 0.452 e. The Morgan fingerprint density at radius 2 is 2.04 bits per heavy atom. The molecule has 1 aliphatic carbocycles. The van der Waals surface area contributed by atoms with Gasteiger partial charge in [-0.15, -0.1) is 11.8 Å². The molecule has 0 bridgehead atoms. The third kappa shape index (κ3) is 5.04. The van der Waals surface area contributed by atoms with E-state index in [4.69, 9.17) is 4.74 Å². The first-order valence-corrected chi connectivity index (χ1v) is 12.0. The van der Waals surface area contributed by atoms with E-state index in [2.05, 4.69) is 12.1 Å². The Kier molecular flexibility index (Phi) is 6.15. The monoisotopic (exact) mass is 411 g/mol. The van der Waals surface area contributed by atoms with Gasteiger partial charge in [-0.3, -0.25) is 9.59 Å². The number of carbonyl (C=O) groups excluding carboxylic acids is 2. The maximum atomic E-state index is 12.4. The molecule has 0 N–H and O–H groups in total. The van der Waals surface area contributed by atoms with Gasteiger partial charge in [0.05, 0.1) is 17.3 Å². The van der Waals surface area contributed by atoms with Crippen LogP contribution in [0.1, 0.15) is 30.9 Å². The molecular weight excluding hydrogens is 386 g/mol. The van der Waals surface area contributed by atoms with Gasteiger partial charge in [-0.05, 0) is 55.9 Å². The van der Waals surface area contributed by atoms with E-state index in [9.17, 15) is 18.0 Å². The number of sulfone groups is 1. The molecule has 2 atom stereocenters. The van der Waals surface area contributed by atoms with Gasteiger partial charge in [0.2, 0.25) is 0 Å². The van der Waals surface area contributed by atoms with E-state index >= 15 is 0 Å². The van der Waals surface area contributed by atoms with Crippen LogP contribution in [0, 0.1) is 0 Å². The van der Waals surface area contributed by atoms with Crippen LogP contribution in [0.5, 0.6) is 0 Å². The molecule has 6 nitrogen and oxygen atoms in total. The van der Waals surface area contributed by atoms with E-state index < -0.39 is 21.9 Å². The quantitative estimate of drug-likeness (QED) is 0.525. The number of fused-ring (bicyclic) bond motifs is 1. The molecule has 0 aromatic heterocycles. The summed E-state index contributed by atoms with van der Waals surface area (Å²) in [5.41, 5.74) is 2.74. The van der Waals surface area contributed by atoms with Crippen LogP contribution in [0.2, 0.25) is 0 Å². The van der Waals surface area contributed by atoms with Gasteiger partial charge in [0.25, 0.3) is 5.91 Å². The van der Waals surface area contributed by atoms with Crippen LogP contribution in [0.15, 0.2) is 23.1 Å². The number of hydrogen-bond donors (Lipinski definition) is 0. The minimum atomic E-state index is -3.07. The van der Waals surface area contributed by atoms with E-state index in [0.717, 1.165) is 17.7 Å². The number of thioether (sulfide) groups is 1. The Bertz CT molecular complexity index is 837. The van der Waals surface area contributed by atoms with E-state index in [1.807, 2.05) is 6.07 Å². The molecule has 1 aromatic carbocycles. The highest BCUT2D eigenvalue weighted by molar-refractivity contribution is 8.00. The molecule has 8 heteroatoms. The number of carbonyl (C=O) groups is 2. The Labute approximate surface area is 164 Å². The predicted molar refractivity (Wildman–Crippen MR) is 105 cm³/mol. The van der Waals surface area contributed by atoms with Crippen LogP contribution >= 0.6 is 11.8 Å². The van der Waals surface area contributed by atoms with Crippen molar-refractivity contribution in [2.45, 2.75) is 49.6 Å². The maximum absolute atomic E-state index is 12.4. The molecule has 1 aromatic rings. The topological polar surface area (TPSA) is 80.8 Å². The second-order valence-electron chi connectivity index (χ2n) is 7.21. The van der Waals surface area contributed by atoms with Crippen molar-refractivity contribution in [1.82, 2.24) is 4.90 Å². The molecule has 0 radical (unpaired) electrons. The predicted octanol–water partition coefficient (Wildman–Crippen LogP) is 1.84. The number of nitrogens with zero attached hydrogens (tertiary/aromatic N) is 1. The summed E-state index contributed by atoms with van der Waals surface area (Å²) in [6, 6.07) is 5.92. The van der Waals surface area contributed by atoms with Crippen LogP contribution < -0.4 is 0 Å². The van der Waals surface area contributed by atoms with Crippen LogP contribution in [-0.4, -0.2) is 61.6 Å². The van der Waals surface area contributed by atoms with Crippen molar-refractivity contribution in [3.63, 3.8) is 0 Å². The summed E-state index contributed by atoms with van der Waals surface area (Å²) in [4.78, 5) is 27.0. The number of ether oxygens (including phenoxy) is 1. The summed E-state index contributed by atoms with van der Waals surface area (Å²) in [7, 11) is -1.50. The molecule has 1 aliphatic heterocycles. The van der Waals surface area contributed by atoms with Gasteiger partial charge in [0, 0.05) is 18.0 Å². The Morgan fingerprint density at radius 3 is 2.74 bits per heavy atom. The van der Waals surface area contributed by atoms with Crippen molar-refractivity contribution in [2.75, 3.05) is 24.3 Å². The molecule has 0 saturated carbocycles. The van der Waals surface area contributed by atoms with Gasteiger partial charge in [0.15, 0.2) is 15.9 Å². The normalized spacial score (nSPS) is 21.5. The van der Waals surface area contributed by atoms with Crippen molar-refractivity contribution in [3.05, 3.63) is 29.3 Å². The van der Waals surface area contributed by atoms with Crippen LogP contribution in [-0.2, 0) is 37.0 Å². The van der Waals surface area contributed by atoms with Crippen LogP contribution in [0.3, 0.4) is 0 Å². The first kappa shape index (κ1) is 20.2. The average Bonchev–Trinajstić information content (AvgIpc) is 3.23. The number of benzene rings is 1. The molecule has 1 heterocycles. The zero-order valence-corrected chi connectivity index (χ0v) is 17.3. The fourth-order valence-electron chi connectivity index (χ4n) is 3.61. The van der Waals surface area contributed by atoms with Gasteiger partial charge in [-0.2, -0.15) is 0 Å². The number of rotatable bonds is 6. The summed E-state index contributed by atoms with van der Waals surface area (Å²) < 4.78 is 28.4. The fourth-order valence-corrected chi connectivity index (χ4v) is 6.13. The van der Waals surface area contributed by atoms with Gasteiger partial charge >= 0.3 is 5.97 Å². The minimum Gasteiger partial charge on any atom is -0.452 e. The average molecular weight is 412 g/mol. The summed E-state index contributed by atoms with van der Waals surface area (Å²) in [6.07, 6.45) is 2.90. The summed E-state index contributed by atoms with van der Waals surface area (Å²) >= 11 is 1.40. The standard InChI is InChI=1S/C19H25NO5S2/c1-13(19(22)20(2)16-8-9-27(23,24)12-16)25-18(21)11-26-17-7-6-14-4-3-5-15(14)10-17/h6-7,10,13,16H,3-5,8-9,11-12H2,1-2H3. The number of likely N-dealkylation sites (N-methyl/N-ethyl adjacent to an activating group) is 1. The van der Waals surface area contributed by atoms with Crippen LogP contribution in [0.25, 0.3) is 0 Å². The molecule has 1 fully saturated rings. The maximum Gasteiger partial charge on any atom is 0.317 e. The van der Waals surface area contributed by atoms with Gasteiger partial charge in [-0.1, -0.05) is 6.07 Å².